The SMILES string of the molecule is Cc1cc(-c2cc(F)ccc2O)cs1. The number of rotatable bonds is 1. The first kappa shape index (κ1) is 9.21. The molecule has 3 heteroatoms. The van der Waals surface area contributed by atoms with Gasteiger partial charge in [-0.3, -0.25) is 0 Å². The fourth-order valence-electron chi connectivity index (χ4n) is 1.32. The third kappa shape index (κ3) is 1.63. The molecule has 1 N–H and O–H groups in total. The van der Waals surface area contributed by atoms with E-state index in [9.17, 15) is 9.50 Å². The first-order valence-corrected chi connectivity index (χ1v) is 5.09. The number of aromatic hydroxyl groups is 1. The van der Waals surface area contributed by atoms with Crippen molar-refractivity contribution < 1.29 is 9.50 Å². The second-order valence-corrected chi connectivity index (χ2v) is 4.22. The van der Waals surface area contributed by atoms with E-state index in [2.05, 4.69) is 0 Å². The zero-order valence-electron chi connectivity index (χ0n) is 7.62. The maximum Gasteiger partial charge on any atom is 0.124 e. The molecule has 1 nitrogen and oxygen atoms in total. The Balaban J connectivity index is 2.55. The Morgan fingerprint density at radius 3 is 2.71 bits per heavy atom. The van der Waals surface area contributed by atoms with Gasteiger partial charge in [0.25, 0.3) is 0 Å². The van der Waals surface area contributed by atoms with Crippen molar-refractivity contribution in [2.24, 2.45) is 0 Å². The van der Waals surface area contributed by atoms with Crippen LogP contribution in [0.15, 0.2) is 29.6 Å². The van der Waals surface area contributed by atoms with E-state index in [1.165, 1.54) is 18.2 Å². The maximum absolute atomic E-state index is 12.9. The van der Waals surface area contributed by atoms with Crippen LogP contribution in [-0.2, 0) is 0 Å². The molecule has 0 aliphatic carbocycles. The van der Waals surface area contributed by atoms with Crippen LogP contribution >= 0.6 is 11.3 Å². The fraction of sp³-hybridized carbons (Fsp3) is 0.0909. The van der Waals surface area contributed by atoms with Crippen molar-refractivity contribution in [3.8, 4) is 16.9 Å². The van der Waals surface area contributed by atoms with E-state index in [0.29, 0.717) is 5.56 Å². The van der Waals surface area contributed by atoms with Crippen LogP contribution in [0.1, 0.15) is 4.88 Å². The smallest absolute Gasteiger partial charge is 0.124 e. The fourth-order valence-corrected chi connectivity index (χ4v) is 2.03. The van der Waals surface area contributed by atoms with Gasteiger partial charge < -0.3 is 5.11 Å². The number of halogens is 1. The van der Waals surface area contributed by atoms with Crippen molar-refractivity contribution in [1.29, 1.82) is 0 Å². The number of thiophene rings is 1. The molecule has 0 saturated heterocycles. The molecule has 0 radical (unpaired) electrons. The topological polar surface area (TPSA) is 20.2 Å². The van der Waals surface area contributed by atoms with Crippen molar-refractivity contribution in [2.75, 3.05) is 0 Å². The average Bonchev–Trinajstić information content (AvgIpc) is 2.56. The molecule has 1 heterocycles. The molecule has 0 fully saturated rings. The predicted octanol–water partition coefficient (Wildman–Crippen LogP) is 3.57. The Labute approximate surface area is 85.5 Å². The van der Waals surface area contributed by atoms with Crippen LogP contribution in [0, 0.1) is 12.7 Å². The maximum atomic E-state index is 12.9. The Kier molecular flexibility index (Phi) is 2.25. The Morgan fingerprint density at radius 2 is 2.07 bits per heavy atom. The summed E-state index contributed by atoms with van der Waals surface area (Å²) in [5, 5.41) is 11.4. The molecule has 14 heavy (non-hydrogen) atoms. The van der Waals surface area contributed by atoms with Gasteiger partial charge in [0.1, 0.15) is 11.6 Å². The van der Waals surface area contributed by atoms with Gasteiger partial charge in [0.2, 0.25) is 0 Å². The predicted molar refractivity (Wildman–Crippen MR) is 56.1 cm³/mol. The van der Waals surface area contributed by atoms with Gasteiger partial charge in [0, 0.05) is 10.4 Å². The van der Waals surface area contributed by atoms with Crippen molar-refractivity contribution in [3.05, 3.63) is 40.3 Å². The van der Waals surface area contributed by atoms with Crippen molar-refractivity contribution in [1.82, 2.24) is 0 Å². The van der Waals surface area contributed by atoms with E-state index in [1.54, 1.807) is 11.3 Å². The third-order valence-electron chi connectivity index (χ3n) is 2.00. The minimum absolute atomic E-state index is 0.115. The summed E-state index contributed by atoms with van der Waals surface area (Å²) in [4.78, 5) is 1.14. The molecular formula is C11H9FOS. The summed E-state index contributed by atoms with van der Waals surface area (Å²) >= 11 is 1.58. The van der Waals surface area contributed by atoms with Gasteiger partial charge in [-0.1, -0.05) is 0 Å². The quantitative estimate of drug-likeness (QED) is 0.759. The highest BCUT2D eigenvalue weighted by atomic mass is 32.1. The highest BCUT2D eigenvalue weighted by Gasteiger charge is 2.06. The summed E-state index contributed by atoms with van der Waals surface area (Å²) in [7, 11) is 0. The number of hydrogen-bond donors (Lipinski definition) is 1. The van der Waals surface area contributed by atoms with Gasteiger partial charge >= 0.3 is 0 Å². The van der Waals surface area contributed by atoms with Crippen LogP contribution in [0.3, 0.4) is 0 Å². The number of benzene rings is 1. The van der Waals surface area contributed by atoms with Crippen LogP contribution in [-0.4, -0.2) is 5.11 Å². The van der Waals surface area contributed by atoms with Gasteiger partial charge in [-0.05, 0) is 42.1 Å². The van der Waals surface area contributed by atoms with Crippen LogP contribution < -0.4 is 0 Å². The third-order valence-corrected chi connectivity index (χ3v) is 2.86. The van der Waals surface area contributed by atoms with Gasteiger partial charge in [-0.2, -0.15) is 0 Å². The molecule has 0 aliphatic heterocycles. The minimum Gasteiger partial charge on any atom is -0.507 e. The molecule has 1 aromatic heterocycles. The summed E-state index contributed by atoms with van der Waals surface area (Å²) in [6, 6.07) is 5.89. The first-order chi connectivity index (χ1) is 6.66. The van der Waals surface area contributed by atoms with E-state index in [1.807, 2.05) is 18.4 Å². The summed E-state index contributed by atoms with van der Waals surface area (Å²) in [6.45, 7) is 1.98. The Morgan fingerprint density at radius 1 is 1.29 bits per heavy atom. The van der Waals surface area contributed by atoms with Gasteiger partial charge in [0.15, 0.2) is 0 Å². The van der Waals surface area contributed by atoms with Gasteiger partial charge in [0.05, 0.1) is 0 Å². The molecule has 0 saturated carbocycles. The highest BCUT2D eigenvalue weighted by molar-refractivity contribution is 7.10. The lowest BCUT2D eigenvalue weighted by Gasteiger charge is -2.01. The van der Waals surface area contributed by atoms with E-state index in [4.69, 9.17) is 0 Å². The summed E-state index contributed by atoms with van der Waals surface area (Å²) in [5.41, 5.74) is 1.42. The standard InChI is InChI=1S/C11H9FOS/c1-7-4-8(6-14-7)10-5-9(12)2-3-11(10)13/h2-6,13H,1H3. The Hall–Kier alpha value is -1.35. The van der Waals surface area contributed by atoms with Crippen LogP contribution in [0.2, 0.25) is 0 Å². The number of phenols is 1. The molecule has 0 spiro atoms. The molecule has 1 aromatic carbocycles. The first-order valence-electron chi connectivity index (χ1n) is 4.21. The van der Waals surface area contributed by atoms with Gasteiger partial charge in [-0.15, -0.1) is 11.3 Å². The lowest BCUT2D eigenvalue weighted by molar-refractivity contribution is 0.475. The number of aryl methyl sites for hydroxylation is 1. The number of hydrogen-bond acceptors (Lipinski definition) is 2. The van der Waals surface area contributed by atoms with Crippen LogP contribution in [0.4, 0.5) is 4.39 Å². The lowest BCUT2D eigenvalue weighted by atomic mass is 10.1. The van der Waals surface area contributed by atoms with E-state index in [-0.39, 0.29) is 11.6 Å². The molecule has 0 aliphatic rings. The van der Waals surface area contributed by atoms with E-state index < -0.39 is 0 Å². The Bertz CT molecular complexity index is 462. The van der Waals surface area contributed by atoms with E-state index in [0.717, 1.165) is 10.4 Å². The molecule has 2 rings (SSSR count). The molecular weight excluding hydrogens is 199 g/mol. The summed E-state index contributed by atoms with van der Waals surface area (Å²) < 4.78 is 12.9. The number of phenolic OH excluding ortho intramolecular Hbond substituents is 1. The molecule has 0 bridgehead atoms. The average molecular weight is 208 g/mol. The molecule has 0 unspecified atom stereocenters. The molecule has 72 valence electrons. The van der Waals surface area contributed by atoms with Crippen molar-refractivity contribution in [3.63, 3.8) is 0 Å². The largest absolute Gasteiger partial charge is 0.507 e. The van der Waals surface area contributed by atoms with E-state index >= 15 is 0 Å². The highest BCUT2D eigenvalue weighted by Crippen LogP contribution is 2.32. The molecule has 0 amide bonds. The minimum atomic E-state index is -0.332. The monoisotopic (exact) mass is 208 g/mol. The summed E-state index contributed by atoms with van der Waals surface area (Å²) in [5.74, 6) is -0.217. The normalized spacial score (nSPS) is 10.4. The second kappa shape index (κ2) is 3.42. The second-order valence-electron chi connectivity index (χ2n) is 3.11. The zero-order valence-corrected chi connectivity index (χ0v) is 8.44. The van der Waals surface area contributed by atoms with Crippen molar-refractivity contribution in [2.45, 2.75) is 6.92 Å². The van der Waals surface area contributed by atoms with Crippen molar-refractivity contribution >= 4 is 11.3 Å². The van der Waals surface area contributed by atoms with Gasteiger partial charge in [-0.25, -0.2) is 4.39 Å². The summed E-state index contributed by atoms with van der Waals surface area (Å²) in [6.07, 6.45) is 0. The molecule has 0 atom stereocenters. The zero-order chi connectivity index (χ0) is 10.1. The lowest BCUT2D eigenvalue weighted by Crippen LogP contribution is -1.78. The van der Waals surface area contributed by atoms with Crippen LogP contribution in [0.25, 0.3) is 11.1 Å². The molecule has 2 aromatic rings. The van der Waals surface area contributed by atoms with Crippen LogP contribution in [0.5, 0.6) is 5.75 Å².